The fourth-order valence-corrected chi connectivity index (χ4v) is 6.82. The molecule has 0 spiro atoms. The highest BCUT2D eigenvalue weighted by atomic mass is 32.1. The van der Waals surface area contributed by atoms with Crippen LogP contribution >= 0.6 is 22.7 Å². The van der Waals surface area contributed by atoms with Crippen molar-refractivity contribution in [3.63, 3.8) is 0 Å². The Balaban J connectivity index is 1.64. The van der Waals surface area contributed by atoms with Crippen LogP contribution < -0.4 is 5.32 Å². The number of benzene rings is 1. The molecule has 3 aromatic rings. The lowest BCUT2D eigenvalue weighted by Gasteiger charge is -2.33. The summed E-state index contributed by atoms with van der Waals surface area (Å²) in [4.78, 5) is 18.9. The molecule has 2 heterocycles. The number of esters is 1. The van der Waals surface area contributed by atoms with E-state index in [1.165, 1.54) is 21.8 Å². The number of nitriles is 1. The number of rotatable bonds is 6. The summed E-state index contributed by atoms with van der Waals surface area (Å²) < 4.78 is 5.41. The maximum Gasteiger partial charge on any atom is 0.341 e. The number of aryl methyl sites for hydroxylation is 2. The molecule has 7 heteroatoms. The van der Waals surface area contributed by atoms with Gasteiger partial charge in [0.1, 0.15) is 21.7 Å². The second-order valence-corrected chi connectivity index (χ2v) is 12.4. The Labute approximate surface area is 221 Å². The number of hydrogen-bond donors (Lipinski definition) is 1. The summed E-state index contributed by atoms with van der Waals surface area (Å²) in [5, 5.41) is 16.6. The Hall–Kier alpha value is -2.95. The number of hydrogen-bond acceptors (Lipinski definition) is 7. The van der Waals surface area contributed by atoms with Crippen molar-refractivity contribution < 1.29 is 9.53 Å². The number of thiazole rings is 1. The molecule has 1 N–H and O–H groups in total. The molecule has 1 atom stereocenters. The number of nitrogens with one attached hydrogen (secondary N) is 1. The Morgan fingerprint density at radius 1 is 1.33 bits per heavy atom. The summed E-state index contributed by atoms with van der Waals surface area (Å²) in [7, 11) is 0. The van der Waals surface area contributed by atoms with Crippen LogP contribution in [-0.2, 0) is 17.6 Å². The van der Waals surface area contributed by atoms with Gasteiger partial charge in [0.15, 0.2) is 0 Å². The predicted octanol–water partition coefficient (Wildman–Crippen LogP) is 7.79. The summed E-state index contributed by atoms with van der Waals surface area (Å²) in [6.45, 7) is 13.1. The molecular formula is C29H33N3O2S2. The Morgan fingerprint density at radius 3 is 2.78 bits per heavy atom. The molecule has 5 nitrogen and oxygen atoms in total. The predicted molar refractivity (Wildman–Crippen MR) is 149 cm³/mol. The molecule has 1 aliphatic carbocycles. The van der Waals surface area contributed by atoms with Crippen molar-refractivity contribution in [2.24, 2.45) is 11.3 Å². The normalized spacial score (nSPS) is 15.8. The third-order valence-corrected chi connectivity index (χ3v) is 8.89. The Morgan fingerprint density at radius 2 is 2.11 bits per heavy atom. The van der Waals surface area contributed by atoms with Gasteiger partial charge in [-0.3, -0.25) is 0 Å². The van der Waals surface area contributed by atoms with Gasteiger partial charge in [0, 0.05) is 22.0 Å². The molecule has 0 radical (unpaired) electrons. The van der Waals surface area contributed by atoms with Crippen molar-refractivity contribution in [2.75, 3.05) is 11.9 Å². The van der Waals surface area contributed by atoms with Crippen molar-refractivity contribution >= 4 is 39.2 Å². The molecular weight excluding hydrogens is 486 g/mol. The molecule has 2 aromatic heterocycles. The zero-order valence-electron chi connectivity index (χ0n) is 21.8. The molecule has 0 amide bonds. The van der Waals surface area contributed by atoms with Crippen LogP contribution in [0.4, 0.5) is 5.00 Å². The first-order valence-corrected chi connectivity index (χ1v) is 14.0. The number of ether oxygens (including phenoxy) is 1. The summed E-state index contributed by atoms with van der Waals surface area (Å²) >= 11 is 3.05. The van der Waals surface area contributed by atoms with E-state index in [1.807, 2.05) is 12.3 Å². The molecule has 0 fully saturated rings. The molecule has 0 aliphatic heterocycles. The minimum Gasteiger partial charge on any atom is -0.462 e. The molecule has 188 valence electrons. The fourth-order valence-electron chi connectivity index (χ4n) is 4.75. The van der Waals surface area contributed by atoms with Crippen LogP contribution in [0.15, 0.2) is 29.8 Å². The van der Waals surface area contributed by atoms with E-state index in [1.54, 1.807) is 17.5 Å². The van der Waals surface area contributed by atoms with Crippen LogP contribution in [0.2, 0.25) is 0 Å². The van der Waals surface area contributed by atoms with Gasteiger partial charge in [-0.1, -0.05) is 44.5 Å². The number of anilines is 1. The first-order valence-electron chi connectivity index (χ1n) is 12.3. The number of thiophene rings is 1. The third-order valence-electron chi connectivity index (χ3n) is 6.83. The van der Waals surface area contributed by atoms with Crippen molar-refractivity contribution in [3.8, 4) is 17.3 Å². The topological polar surface area (TPSA) is 75.0 Å². The van der Waals surface area contributed by atoms with E-state index in [4.69, 9.17) is 9.72 Å². The van der Waals surface area contributed by atoms with Crippen molar-refractivity contribution in [1.29, 1.82) is 5.26 Å². The van der Waals surface area contributed by atoms with E-state index < -0.39 is 0 Å². The Bertz CT molecular complexity index is 1350. The molecule has 1 unspecified atom stereocenters. The van der Waals surface area contributed by atoms with E-state index in [0.717, 1.165) is 46.6 Å². The van der Waals surface area contributed by atoms with Crippen molar-refractivity contribution in [2.45, 2.75) is 60.8 Å². The van der Waals surface area contributed by atoms with Crippen LogP contribution in [0.25, 0.3) is 16.8 Å². The first kappa shape index (κ1) is 26.1. The molecule has 1 aliphatic rings. The van der Waals surface area contributed by atoms with Crippen molar-refractivity contribution in [1.82, 2.24) is 4.98 Å². The van der Waals surface area contributed by atoms with E-state index >= 15 is 0 Å². The van der Waals surface area contributed by atoms with Gasteiger partial charge in [-0.15, -0.1) is 22.7 Å². The minimum atomic E-state index is -0.301. The van der Waals surface area contributed by atoms with E-state index in [9.17, 15) is 10.1 Å². The molecule has 0 saturated heterocycles. The van der Waals surface area contributed by atoms with Gasteiger partial charge < -0.3 is 10.1 Å². The van der Waals surface area contributed by atoms with Gasteiger partial charge in [0.25, 0.3) is 0 Å². The maximum absolute atomic E-state index is 12.9. The average Bonchev–Trinajstić information content (AvgIpc) is 3.43. The SMILES string of the molecule is CCOC(=O)c1c(NC=C(C#N)c2nc(-c3ccc(C)cc3C)cs2)sc2c1CCC(C(C)(C)C)C2. The number of aromatic nitrogens is 1. The third kappa shape index (κ3) is 5.40. The molecule has 36 heavy (non-hydrogen) atoms. The molecule has 0 saturated carbocycles. The second-order valence-electron chi connectivity index (χ2n) is 10.4. The van der Waals surface area contributed by atoms with Gasteiger partial charge >= 0.3 is 5.97 Å². The number of nitrogens with zero attached hydrogens (tertiary/aromatic N) is 2. The Kier molecular flexibility index (Phi) is 7.67. The van der Waals surface area contributed by atoms with E-state index in [0.29, 0.717) is 28.7 Å². The lowest BCUT2D eigenvalue weighted by atomic mass is 9.72. The largest absolute Gasteiger partial charge is 0.462 e. The molecule has 1 aromatic carbocycles. The number of fused-ring (bicyclic) bond motifs is 1. The number of carbonyl (C=O) groups excluding carboxylic acids is 1. The van der Waals surface area contributed by atoms with E-state index in [2.05, 4.69) is 64.2 Å². The smallest absolute Gasteiger partial charge is 0.341 e. The zero-order chi connectivity index (χ0) is 26.0. The summed E-state index contributed by atoms with van der Waals surface area (Å²) in [5.41, 5.74) is 6.66. The lowest BCUT2D eigenvalue weighted by molar-refractivity contribution is 0.0526. The lowest BCUT2D eigenvalue weighted by Crippen LogP contribution is -2.26. The van der Waals surface area contributed by atoms with Crippen LogP contribution in [-0.4, -0.2) is 17.6 Å². The van der Waals surface area contributed by atoms with Crippen LogP contribution in [0.5, 0.6) is 0 Å². The van der Waals surface area contributed by atoms with Gasteiger partial charge in [-0.05, 0) is 62.5 Å². The molecule has 4 rings (SSSR count). The van der Waals surface area contributed by atoms with Gasteiger partial charge in [-0.25, -0.2) is 9.78 Å². The summed E-state index contributed by atoms with van der Waals surface area (Å²) in [6, 6.07) is 8.56. The zero-order valence-corrected chi connectivity index (χ0v) is 23.5. The highest BCUT2D eigenvalue weighted by molar-refractivity contribution is 7.16. The number of carbonyl (C=O) groups is 1. The van der Waals surface area contributed by atoms with Gasteiger partial charge in [0.2, 0.25) is 0 Å². The number of allylic oxidation sites excluding steroid dienone is 1. The molecule has 0 bridgehead atoms. The maximum atomic E-state index is 12.9. The van der Waals surface area contributed by atoms with Gasteiger partial charge in [-0.2, -0.15) is 5.26 Å². The minimum absolute atomic E-state index is 0.214. The summed E-state index contributed by atoms with van der Waals surface area (Å²) in [5.74, 6) is 0.265. The highest BCUT2D eigenvalue weighted by Gasteiger charge is 2.34. The standard InChI is InChI=1S/C29H33N3O2S2/c1-7-34-28(33)25-22-11-9-20(29(4,5)6)13-24(22)36-27(25)31-15-19(14-30)26-32-23(16-35-26)21-10-8-17(2)12-18(21)3/h8,10,12,15-16,20,31H,7,9,11,13H2,1-6H3. The van der Waals surface area contributed by atoms with E-state index in [-0.39, 0.29) is 11.4 Å². The van der Waals surface area contributed by atoms with Crippen LogP contribution in [0.1, 0.15) is 71.0 Å². The quantitative estimate of drug-likeness (QED) is 0.266. The summed E-state index contributed by atoms with van der Waals surface area (Å²) in [6.07, 6.45) is 4.55. The van der Waals surface area contributed by atoms with Crippen LogP contribution in [0.3, 0.4) is 0 Å². The van der Waals surface area contributed by atoms with Crippen LogP contribution in [0, 0.1) is 36.5 Å². The van der Waals surface area contributed by atoms with Gasteiger partial charge in [0.05, 0.1) is 17.9 Å². The first-order chi connectivity index (χ1) is 17.1. The highest BCUT2D eigenvalue weighted by Crippen LogP contribution is 2.44. The average molecular weight is 520 g/mol. The fraction of sp³-hybridized carbons (Fsp3) is 0.414. The second kappa shape index (κ2) is 10.6. The van der Waals surface area contributed by atoms with Crippen molar-refractivity contribution in [3.05, 3.63) is 61.9 Å². The monoisotopic (exact) mass is 519 g/mol.